The fourth-order valence-electron chi connectivity index (χ4n) is 2.64. The lowest BCUT2D eigenvalue weighted by Crippen LogP contribution is -2.01. The first kappa shape index (κ1) is 19.0. The van der Waals surface area contributed by atoms with E-state index in [2.05, 4.69) is 9.97 Å². The average Bonchev–Trinajstić information content (AvgIpc) is 2.71. The van der Waals surface area contributed by atoms with Gasteiger partial charge in [-0.1, -0.05) is 24.3 Å². The first-order valence-electron chi connectivity index (χ1n) is 8.20. The van der Waals surface area contributed by atoms with Crippen molar-refractivity contribution >= 4 is 22.3 Å². The van der Waals surface area contributed by atoms with Gasteiger partial charge in [0.2, 0.25) is 11.8 Å². The van der Waals surface area contributed by atoms with Crippen LogP contribution in [-0.2, 0) is 9.53 Å². The third-order valence-corrected chi connectivity index (χ3v) is 3.90. The number of hydrogen-bond acceptors (Lipinski definition) is 7. The van der Waals surface area contributed by atoms with Crippen LogP contribution in [0.2, 0.25) is 0 Å². The summed E-state index contributed by atoms with van der Waals surface area (Å²) in [5.41, 5.74) is 0.533. The van der Waals surface area contributed by atoms with Crippen molar-refractivity contribution < 1.29 is 28.8 Å². The molecule has 1 N–H and O–H groups in total. The lowest BCUT2D eigenvalue weighted by Gasteiger charge is -2.11. The van der Waals surface area contributed by atoms with Gasteiger partial charge in [-0.3, -0.25) is 0 Å². The van der Waals surface area contributed by atoms with Gasteiger partial charge in [-0.15, -0.1) is 0 Å². The third kappa shape index (κ3) is 3.96. The van der Waals surface area contributed by atoms with E-state index in [1.807, 2.05) is 12.1 Å². The van der Waals surface area contributed by atoms with Crippen LogP contribution in [0.15, 0.2) is 48.7 Å². The van der Waals surface area contributed by atoms with Gasteiger partial charge in [0.25, 0.3) is 0 Å². The van der Waals surface area contributed by atoms with Crippen LogP contribution in [0.4, 0.5) is 0 Å². The summed E-state index contributed by atoms with van der Waals surface area (Å²) in [6.45, 7) is 0. The maximum atomic E-state index is 11.6. The smallest absolute Gasteiger partial charge is 0.339 e. The number of benzene rings is 2. The molecule has 8 nitrogen and oxygen atoms in total. The molecule has 0 amide bonds. The summed E-state index contributed by atoms with van der Waals surface area (Å²) in [6, 6.07) is 12.2. The van der Waals surface area contributed by atoms with Crippen molar-refractivity contribution in [2.45, 2.75) is 0 Å². The van der Waals surface area contributed by atoms with Crippen LogP contribution >= 0.6 is 0 Å². The van der Waals surface area contributed by atoms with Crippen molar-refractivity contribution in [2.24, 2.45) is 0 Å². The van der Waals surface area contributed by atoms with E-state index in [0.717, 1.165) is 5.39 Å². The Morgan fingerprint density at radius 1 is 1.00 bits per heavy atom. The number of nitrogens with zero attached hydrogens (tertiary/aromatic N) is 2. The molecule has 2 aromatic carbocycles. The van der Waals surface area contributed by atoms with Crippen LogP contribution in [0.5, 0.6) is 23.5 Å². The molecular weight excluding hydrogens is 364 g/mol. The average molecular weight is 382 g/mol. The standard InChI is InChI=1S/C20H18N2O6/c1-25-11-16(19(23)24)14-6-4-5-12-7-8-13(9-15(12)14)28-20-21-17(26-2)10-18(22-20)27-3/h4-11H,1-3H3,(H,23,24)/b16-11-. The molecule has 0 saturated heterocycles. The number of aliphatic carboxylic acids is 1. The van der Waals surface area contributed by atoms with Crippen molar-refractivity contribution in [1.29, 1.82) is 0 Å². The topological polar surface area (TPSA) is 100 Å². The number of fused-ring (bicyclic) bond motifs is 1. The summed E-state index contributed by atoms with van der Waals surface area (Å²) >= 11 is 0. The molecule has 0 fully saturated rings. The van der Waals surface area contributed by atoms with Crippen molar-refractivity contribution in [3.63, 3.8) is 0 Å². The second kappa shape index (κ2) is 8.26. The molecule has 0 unspecified atom stereocenters. The SMILES string of the molecule is CO/C=C(\C(=O)O)c1cccc2ccc(Oc3nc(OC)cc(OC)n3)cc12. The number of aromatic nitrogens is 2. The zero-order chi connectivity index (χ0) is 20.1. The largest absolute Gasteiger partial charge is 0.503 e. The number of hydrogen-bond donors (Lipinski definition) is 1. The summed E-state index contributed by atoms with van der Waals surface area (Å²) in [6.07, 6.45) is 1.20. The number of rotatable bonds is 7. The molecule has 28 heavy (non-hydrogen) atoms. The molecule has 0 aliphatic heterocycles. The second-order valence-electron chi connectivity index (χ2n) is 5.60. The van der Waals surface area contributed by atoms with Crippen molar-refractivity contribution in [1.82, 2.24) is 9.97 Å². The Labute approximate surface area is 161 Å². The molecule has 1 heterocycles. The normalized spacial score (nSPS) is 11.2. The fraction of sp³-hybridized carbons (Fsp3) is 0.150. The molecule has 144 valence electrons. The summed E-state index contributed by atoms with van der Waals surface area (Å²) in [7, 11) is 4.35. The predicted molar refractivity (Wildman–Crippen MR) is 102 cm³/mol. The van der Waals surface area contributed by atoms with Crippen LogP contribution in [0.25, 0.3) is 16.3 Å². The lowest BCUT2D eigenvalue weighted by molar-refractivity contribution is -0.130. The van der Waals surface area contributed by atoms with Crippen molar-refractivity contribution in [3.8, 4) is 23.5 Å². The van der Waals surface area contributed by atoms with Crippen LogP contribution in [0, 0.1) is 0 Å². The molecule has 0 aliphatic carbocycles. The molecule has 0 radical (unpaired) electrons. The number of methoxy groups -OCH3 is 3. The van der Waals surface area contributed by atoms with Gasteiger partial charge in [-0.2, -0.15) is 9.97 Å². The first-order chi connectivity index (χ1) is 13.5. The zero-order valence-corrected chi connectivity index (χ0v) is 15.5. The van der Waals surface area contributed by atoms with Gasteiger partial charge in [0.15, 0.2) is 0 Å². The van der Waals surface area contributed by atoms with E-state index in [1.54, 1.807) is 24.3 Å². The molecular formula is C20H18N2O6. The first-order valence-corrected chi connectivity index (χ1v) is 8.20. The molecule has 0 saturated carbocycles. The number of carbonyl (C=O) groups is 1. The van der Waals surface area contributed by atoms with E-state index in [-0.39, 0.29) is 11.6 Å². The van der Waals surface area contributed by atoms with Gasteiger partial charge in [0.05, 0.1) is 33.7 Å². The minimum atomic E-state index is -1.10. The minimum Gasteiger partial charge on any atom is -0.503 e. The molecule has 1 aromatic heterocycles. The highest BCUT2D eigenvalue weighted by atomic mass is 16.5. The summed E-state index contributed by atoms with van der Waals surface area (Å²) in [5.74, 6) is -0.0852. The third-order valence-electron chi connectivity index (χ3n) is 3.90. The van der Waals surface area contributed by atoms with Gasteiger partial charge in [-0.05, 0) is 22.9 Å². The molecule has 8 heteroatoms. The van der Waals surface area contributed by atoms with Crippen LogP contribution in [0.1, 0.15) is 5.56 Å². The number of carboxylic acids is 1. The Morgan fingerprint density at radius 3 is 2.32 bits per heavy atom. The fourth-order valence-corrected chi connectivity index (χ4v) is 2.64. The lowest BCUT2D eigenvalue weighted by atomic mass is 9.99. The van der Waals surface area contributed by atoms with Gasteiger partial charge in [-0.25, -0.2) is 4.79 Å². The van der Waals surface area contributed by atoms with Gasteiger partial charge < -0.3 is 24.1 Å². The zero-order valence-electron chi connectivity index (χ0n) is 15.5. The Kier molecular flexibility index (Phi) is 5.59. The maximum Gasteiger partial charge on any atom is 0.339 e. The Balaban J connectivity index is 2.06. The minimum absolute atomic E-state index is 0.0320. The number of ether oxygens (including phenoxy) is 4. The predicted octanol–water partition coefficient (Wildman–Crippen LogP) is 3.51. The van der Waals surface area contributed by atoms with Crippen LogP contribution in [-0.4, -0.2) is 42.4 Å². The van der Waals surface area contributed by atoms with Crippen LogP contribution in [0.3, 0.4) is 0 Å². The highest BCUT2D eigenvalue weighted by molar-refractivity contribution is 6.19. The molecule has 3 rings (SSSR count). The van der Waals surface area contributed by atoms with E-state index in [9.17, 15) is 9.90 Å². The monoisotopic (exact) mass is 382 g/mol. The van der Waals surface area contributed by atoms with Crippen LogP contribution < -0.4 is 14.2 Å². The van der Waals surface area contributed by atoms with Crippen molar-refractivity contribution in [3.05, 3.63) is 54.3 Å². The summed E-state index contributed by atoms with van der Waals surface area (Å²) < 4.78 is 20.9. The van der Waals surface area contributed by atoms with E-state index < -0.39 is 5.97 Å². The molecule has 3 aromatic rings. The summed E-state index contributed by atoms with van der Waals surface area (Å²) in [4.78, 5) is 19.9. The van der Waals surface area contributed by atoms with Gasteiger partial charge >= 0.3 is 12.0 Å². The maximum absolute atomic E-state index is 11.6. The second-order valence-corrected chi connectivity index (χ2v) is 5.60. The quantitative estimate of drug-likeness (QED) is 0.489. The highest BCUT2D eigenvalue weighted by Crippen LogP contribution is 2.31. The molecule has 0 atom stereocenters. The number of carboxylic acid groups (broad SMARTS) is 1. The Bertz CT molecular complexity index is 1030. The molecule has 0 spiro atoms. The van der Waals surface area contributed by atoms with E-state index in [0.29, 0.717) is 28.5 Å². The molecule has 0 bridgehead atoms. The van der Waals surface area contributed by atoms with Gasteiger partial charge in [0, 0.05) is 5.56 Å². The Morgan fingerprint density at radius 2 is 1.71 bits per heavy atom. The Hall–Kier alpha value is -3.81. The van der Waals surface area contributed by atoms with Crippen molar-refractivity contribution in [2.75, 3.05) is 21.3 Å². The van der Waals surface area contributed by atoms with E-state index in [4.69, 9.17) is 18.9 Å². The highest BCUT2D eigenvalue weighted by Gasteiger charge is 2.15. The van der Waals surface area contributed by atoms with E-state index >= 15 is 0 Å². The van der Waals surface area contributed by atoms with Gasteiger partial charge in [0.1, 0.15) is 11.3 Å². The molecule has 0 aliphatic rings. The summed E-state index contributed by atoms with van der Waals surface area (Å²) in [5, 5.41) is 11.0. The van der Waals surface area contributed by atoms with E-state index in [1.165, 1.54) is 33.7 Å².